The highest BCUT2D eigenvalue weighted by molar-refractivity contribution is 6.35. The zero-order valence-corrected chi connectivity index (χ0v) is 15.6. The molecule has 3 aromatic carbocycles. The van der Waals surface area contributed by atoms with Crippen LogP contribution >= 0.6 is 23.2 Å². The molecule has 0 fully saturated rings. The zero-order chi connectivity index (χ0) is 19.1. The van der Waals surface area contributed by atoms with Crippen LogP contribution in [0.1, 0.15) is 17.2 Å². The summed E-state index contributed by atoms with van der Waals surface area (Å²) < 4.78 is 11.3. The Labute approximate surface area is 164 Å². The number of hydrogen-bond acceptors (Lipinski definition) is 4. The SMILES string of the molecule is COc1ccc2ccc3c(c2c1)C=C([N+](=O)[O-])C(c1ccc(Cl)cc1Cl)O3. The molecule has 136 valence electrons. The van der Waals surface area contributed by atoms with E-state index < -0.39 is 11.0 Å². The van der Waals surface area contributed by atoms with Crippen molar-refractivity contribution in [3.63, 3.8) is 0 Å². The minimum Gasteiger partial charge on any atom is -0.497 e. The van der Waals surface area contributed by atoms with Crippen LogP contribution in [0.25, 0.3) is 16.8 Å². The lowest BCUT2D eigenvalue weighted by Gasteiger charge is -2.24. The Hall–Kier alpha value is -2.76. The highest BCUT2D eigenvalue weighted by atomic mass is 35.5. The summed E-state index contributed by atoms with van der Waals surface area (Å²) in [7, 11) is 1.57. The average molecular weight is 402 g/mol. The van der Waals surface area contributed by atoms with E-state index >= 15 is 0 Å². The molecule has 1 heterocycles. The summed E-state index contributed by atoms with van der Waals surface area (Å²) in [6, 6.07) is 14.1. The standard InChI is InChI=1S/C20H13Cl2NO4/c1-26-13-5-2-11-3-7-19-16(15(11)9-13)10-18(23(24)25)20(27-19)14-6-4-12(21)8-17(14)22/h2-10,20H,1H3. The van der Waals surface area contributed by atoms with E-state index in [1.165, 1.54) is 6.08 Å². The van der Waals surface area contributed by atoms with Crippen molar-refractivity contribution in [1.82, 2.24) is 0 Å². The number of ether oxygens (including phenoxy) is 2. The first kappa shape index (κ1) is 17.6. The van der Waals surface area contributed by atoms with E-state index in [-0.39, 0.29) is 5.70 Å². The number of halogens is 2. The van der Waals surface area contributed by atoms with Gasteiger partial charge in [-0.3, -0.25) is 10.1 Å². The average Bonchev–Trinajstić information content (AvgIpc) is 2.66. The van der Waals surface area contributed by atoms with Crippen molar-refractivity contribution in [2.24, 2.45) is 0 Å². The molecule has 0 N–H and O–H groups in total. The van der Waals surface area contributed by atoms with Gasteiger partial charge >= 0.3 is 0 Å². The lowest BCUT2D eigenvalue weighted by molar-refractivity contribution is -0.434. The second-order valence-electron chi connectivity index (χ2n) is 6.05. The number of methoxy groups -OCH3 is 1. The molecule has 0 aromatic heterocycles. The lowest BCUT2D eigenvalue weighted by atomic mass is 9.96. The second-order valence-corrected chi connectivity index (χ2v) is 6.90. The summed E-state index contributed by atoms with van der Waals surface area (Å²) in [4.78, 5) is 11.3. The maximum absolute atomic E-state index is 11.7. The van der Waals surface area contributed by atoms with Crippen LogP contribution in [0.2, 0.25) is 10.0 Å². The van der Waals surface area contributed by atoms with E-state index in [0.717, 1.165) is 10.8 Å². The Morgan fingerprint density at radius 3 is 2.59 bits per heavy atom. The van der Waals surface area contributed by atoms with Crippen molar-refractivity contribution < 1.29 is 14.4 Å². The first-order chi connectivity index (χ1) is 13.0. The molecular weight excluding hydrogens is 389 g/mol. The van der Waals surface area contributed by atoms with E-state index in [1.807, 2.05) is 24.3 Å². The van der Waals surface area contributed by atoms with Gasteiger partial charge in [-0.15, -0.1) is 0 Å². The maximum Gasteiger partial charge on any atom is 0.291 e. The second kappa shape index (κ2) is 6.76. The van der Waals surface area contributed by atoms with E-state index in [9.17, 15) is 10.1 Å². The number of rotatable bonds is 3. The summed E-state index contributed by atoms with van der Waals surface area (Å²) in [5.41, 5.74) is 1.03. The van der Waals surface area contributed by atoms with Crippen LogP contribution in [0.3, 0.4) is 0 Å². The fourth-order valence-corrected chi connectivity index (χ4v) is 3.68. The number of benzene rings is 3. The highest BCUT2D eigenvalue weighted by Crippen LogP contribution is 2.43. The molecule has 0 bridgehead atoms. The van der Waals surface area contributed by atoms with Crippen LogP contribution in [-0.4, -0.2) is 12.0 Å². The summed E-state index contributed by atoms with van der Waals surface area (Å²) in [5.74, 6) is 1.20. The molecule has 0 saturated heterocycles. The zero-order valence-electron chi connectivity index (χ0n) is 14.1. The highest BCUT2D eigenvalue weighted by Gasteiger charge is 2.35. The third-order valence-corrected chi connectivity index (χ3v) is 5.05. The molecule has 0 saturated carbocycles. The normalized spacial score (nSPS) is 15.7. The molecule has 0 aliphatic carbocycles. The molecule has 5 nitrogen and oxygen atoms in total. The smallest absolute Gasteiger partial charge is 0.291 e. The molecule has 27 heavy (non-hydrogen) atoms. The molecule has 4 rings (SSSR count). The molecular formula is C20H13Cl2NO4. The first-order valence-corrected chi connectivity index (χ1v) is 8.82. The topological polar surface area (TPSA) is 61.6 Å². The molecule has 1 unspecified atom stereocenters. The minimum absolute atomic E-state index is 0.0953. The lowest BCUT2D eigenvalue weighted by Crippen LogP contribution is -2.20. The van der Waals surface area contributed by atoms with Crippen molar-refractivity contribution in [2.75, 3.05) is 7.11 Å². The molecule has 1 aliphatic heterocycles. The van der Waals surface area contributed by atoms with E-state index in [0.29, 0.717) is 32.7 Å². The van der Waals surface area contributed by atoms with Crippen molar-refractivity contribution in [3.8, 4) is 11.5 Å². The van der Waals surface area contributed by atoms with Crippen LogP contribution < -0.4 is 9.47 Å². The molecule has 3 aromatic rings. The van der Waals surface area contributed by atoms with Gasteiger partial charge in [0, 0.05) is 27.2 Å². The molecule has 0 radical (unpaired) electrons. The third-order valence-electron chi connectivity index (χ3n) is 4.49. The Bertz CT molecular complexity index is 1110. The van der Waals surface area contributed by atoms with E-state index in [4.69, 9.17) is 32.7 Å². The van der Waals surface area contributed by atoms with Gasteiger partial charge in [-0.25, -0.2) is 0 Å². The summed E-state index contributed by atoms with van der Waals surface area (Å²) in [6.07, 6.45) is 0.608. The summed E-state index contributed by atoms with van der Waals surface area (Å²) in [5, 5.41) is 14.3. The van der Waals surface area contributed by atoms with Crippen LogP contribution in [0.4, 0.5) is 0 Å². The predicted molar refractivity (Wildman–Crippen MR) is 105 cm³/mol. The Kier molecular flexibility index (Phi) is 4.42. The monoisotopic (exact) mass is 401 g/mol. The number of hydrogen-bond donors (Lipinski definition) is 0. The molecule has 1 atom stereocenters. The largest absolute Gasteiger partial charge is 0.497 e. The molecule has 0 spiro atoms. The van der Waals surface area contributed by atoms with Gasteiger partial charge in [0.25, 0.3) is 5.70 Å². The van der Waals surface area contributed by atoms with Gasteiger partial charge in [0.1, 0.15) is 11.5 Å². The van der Waals surface area contributed by atoms with Crippen molar-refractivity contribution in [2.45, 2.75) is 6.10 Å². The third kappa shape index (κ3) is 3.09. The molecule has 1 aliphatic rings. The molecule has 0 amide bonds. The Morgan fingerprint density at radius 2 is 1.89 bits per heavy atom. The minimum atomic E-state index is -0.930. The van der Waals surface area contributed by atoms with Gasteiger partial charge in [-0.05, 0) is 41.1 Å². The van der Waals surface area contributed by atoms with Gasteiger partial charge in [0.05, 0.1) is 12.0 Å². The predicted octanol–water partition coefficient (Wildman–Crippen LogP) is 5.91. The first-order valence-electron chi connectivity index (χ1n) is 8.06. The van der Waals surface area contributed by atoms with Crippen molar-refractivity contribution in [3.05, 3.63) is 85.5 Å². The van der Waals surface area contributed by atoms with Gasteiger partial charge < -0.3 is 9.47 Å². The van der Waals surface area contributed by atoms with Crippen LogP contribution in [-0.2, 0) is 0 Å². The fourth-order valence-electron chi connectivity index (χ4n) is 3.18. The Balaban J connectivity index is 1.92. The van der Waals surface area contributed by atoms with Gasteiger partial charge in [-0.2, -0.15) is 0 Å². The van der Waals surface area contributed by atoms with Crippen LogP contribution in [0, 0.1) is 10.1 Å². The number of nitrogens with zero attached hydrogens (tertiary/aromatic N) is 1. The van der Waals surface area contributed by atoms with Gasteiger partial charge in [0.15, 0.2) is 0 Å². The summed E-state index contributed by atoms with van der Waals surface area (Å²) >= 11 is 12.2. The van der Waals surface area contributed by atoms with E-state index in [1.54, 1.807) is 31.4 Å². The fraction of sp³-hybridized carbons (Fsp3) is 0.100. The van der Waals surface area contributed by atoms with E-state index in [2.05, 4.69) is 0 Å². The Morgan fingerprint density at radius 1 is 1.11 bits per heavy atom. The van der Waals surface area contributed by atoms with Crippen LogP contribution in [0.15, 0.2) is 54.2 Å². The van der Waals surface area contributed by atoms with Gasteiger partial charge in [0.2, 0.25) is 6.10 Å². The van der Waals surface area contributed by atoms with Crippen molar-refractivity contribution >= 4 is 40.1 Å². The van der Waals surface area contributed by atoms with Crippen molar-refractivity contribution in [1.29, 1.82) is 0 Å². The summed E-state index contributed by atoms with van der Waals surface area (Å²) in [6.45, 7) is 0. The number of nitro groups is 1. The van der Waals surface area contributed by atoms with Crippen LogP contribution in [0.5, 0.6) is 11.5 Å². The number of fused-ring (bicyclic) bond motifs is 3. The quantitative estimate of drug-likeness (QED) is 0.404. The molecule has 7 heteroatoms. The van der Waals surface area contributed by atoms with Gasteiger partial charge in [-0.1, -0.05) is 41.4 Å². The maximum atomic E-state index is 11.7.